The number of rotatable bonds is 5. The van der Waals surface area contributed by atoms with Gasteiger partial charge in [0, 0.05) is 26.8 Å². The number of halogens is 1. The molecule has 2 unspecified atom stereocenters. The summed E-state index contributed by atoms with van der Waals surface area (Å²) < 4.78 is 1.17. The highest BCUT2D eigenvalue weighted by molar-refractivity contribution is 9.10. The summed E-state index contributed by atoms with van der Waals surface area (Å²) in [4.78, 5) is 1.38. The summed E-state index contributed by atoms with van der Waals surface area (Å²) in [7, 11) is 0. The minimum Gasteiger partial charge on any atom is -0.307 e. The molecule has 0 amide bonds. The highest BCUT2D eigenvalue weighted by Crippen LogP contribution is 2.25. The monoisotopic (exact) mass is 337 g/mol. The fourth-order valence-corrected chi connectivity index (χ4v) is 3.75. The molecule has 0 aliphatic heterocycles. The SMILES string of the molecule is Cc1ccccc1CC(C)NC(C)c1cc(Br)cs1. The Bertz CT molecular complexity index is 535. The highest BCUT2D eigenvalue weighted by Gasteiger charge is 2.12. The van der Waals surface area contributed by atoms with Gasteiger partial charge in [-0.15, -0.1) is 11.3 Å². The lowest BCUT2D eigenvalue weighted by atomic mass is 10.0. The zero-order valence-electron chi connectivity index (χ0n) is 11.6. The molecule has 2 rings (SSSR count). The molecule has 0 bridgehead atoms. The Kier molecular flexibility index (Phi) is 5.20. The lowest BCUT2D eigenvalue weighted by Gasteiger charge is -2.20. The molecular weight excluding hydrogens is 318 g/mol. The van der Waals surface area contributed by atoms with Crippen molar-refractivity contribution in [1.29, 1.82) is 0 Å². The normalized spacial score (nSPS) is 14.3. The van der Waals surface area contributed by atoms with Crippen molar-refractivity contribution in [3.63, 3.8) is 0 Å². The van der Waals surface area contributed by atoms with Crippen LogP contribution >= 0.6 is 27.3 Å². The molecule has 0 radical (unpaired) electrons. The number of thiophene rings is 1. The van der Waals surface area contributed by atoms with Crippen molar-refractivity contribution in [3.8, 4) is 0 Å². The van der Waals surface area contributed by atoms with E-state index < -0.39 is 0 Å². The van der Waals surface area contributed by atoms with E-state index in [0.29, 0.717) is 12.1 Å². The molecule has 2 aromatic rings. The maximum absolute atomic E-state index is 3.67. The van der Waals surface area contributed by atoms with Crippen molar-refractivity contribution in [2.45, 2.75) is 39.3 Å². The molecule has 0 saturated carbocycles. The van der Waals surface area contributed by atoms with Crippen LogP contribution in [0.3, 0.4) is 0 Å². The fourth-order valence-electron chi connectivity index (χ4n) is 2.29. The first kappa shape index (κ1) is 14.8. The lowest BCUT2D eigenvalue weighted by Crippen LogP contribution is -2.30. The maximum Gasteiger partial charge on any atom is 0.0388 e. The van der Waals surface area contributed by atoms with E-state index in [4.69, 9.17) is 0 Å². The average Bonchev–Trinajstić information content (AvgIpc) is 2.79. The average molecular weight is 338 g/mol. The van der Waals surface area contributed by atoms with Crippen LogP contribution in [0.25, 0.3) is 0 Å². The Labute approximate surface area is 128 Å². The van der Waals surface area contributed by atoms with E-state index in [2.05, 4.69) is 77.7 Å². The quantitative estimate of drug-likeness (QED) is 0.800. The number of hydrogen-bond donors (Lipinski definition) is 1. The second-order valence-corrected chi connectivity index (χ2v) is 6.95. The van der Waals surface area contributed by atoms with Gasteiger partial charge in [-0.25, -0.2) is 0 Å². The second kappa shape index (κ2) is 6.69. The Morgan fingerprint density at radius 1 is 1.26 bits per heavy atom. The minimum atomic E-state index is 0.398. The Morgan fingerprint density at radius 2 is 2.00 bits per heavy atom. The summed E-state index contributed by atoms with van der Waals surface area (Å²) in [6, 6.07) is 11.7. The summed E-state index contributed by atoms with van der Waals surface area (Å²) in [6.07, 6.45) is 1.07. The van der Waals surface area contributed by atoms with Crippen molar-refractivity contribution in [2.75, 3.05) is 0 Å². The van der Waals surface area contributed by atoms with Gasteiger partial charge in [-0.3, -0.25) is 0 Å². The van der Waals surface area contributed by atoms with Crippen LogP contribution in [-0.4, -0.2) is 6.04 Å². The topological polar surface area (TPSA) is 12.0 Å². The molecule has 0 fully saturated rings. The zero-order valence-corrected chi connectivity index (χ0v) is 14.0. The molecule has 0 aliphatic rings. The molecule has 1 nitrogen and oxygen atoms in total. The van der Waals surface area contributed by atoms with E-state index in [1.54, 1.807) is 11.3 Å². The van der Waals surface area contributed by atoms with Gasteiger partial charge in [-0.05, 0) is 60.3 Å². The molecule has 3 heteroatoms. The molecule has 1 heterocycles. The van der Waals surface area contributed by atoms with E-state index in [9.17, 15) is 0 Å². The third kappa shape index (κ3) is 4.16. The van der Waals surface area contributed by atoms with Gasteiger partial charge < -0.3 is 5.32 Å². The van der Waals surface area contributed by atoms with Crippen molar-refractivity contribution in [1.82, 2.24) is 5.32 Å². The number of hydrogen-bond acceptors (Lipinski definition) is 2. The summed E-state index contributed by atoms with van der Waals surface area (Å²) in [5.41, 5.74) is 2.81. The van der Waals surface area contributed by atoms with Gasteiger partial charge in [0.05, 0.1) is 0 Å². The summed E-state index contributed by atoms with van der Waals surface area (Å²) in [6.45, 7) is 6.67. The van der Waals surface area contributed by atoms with E-state index in [1.807, 2.05) is 0 Å². The van der Waals surface area contributed by atoms with Crippen LogP contribution in [0.5, 0.6) is 0 Å². The van der Waals surface area contributed by atoms with Crippen molar-refractivity contribution in [3.05, 3.63) is 56.2 Å². The van der Waals surface area contributed by atoms with Crippen LogP contribution in [0, 0.1) is 6.92 Å². The molecule has 1 aromatic heterocycles. The Hall–Kier alpha value is -0.640. The minimum absolute atomic E-state index is 0.398. The molecule has 1 aromatic carbocycles. The summed E-state index contributed by atoms with van der Waals surface area (Å²) in [5, 5.41) is 5.81. The maximum atomic E-state index is 3.67. The third-order valence-electron chi connectivity index (χ3n) is 3.34. The lowest BCUT2D eigenvalue weighted by molar-refractivity contribution is 0.481. The summed E-state index contributed by atoms with van der Waals surface area (Å²) >= 11 is 5.31. The van der Waals surface area contributed by atoms with Gasteiger partial charge in [-0.1, -0.05) is 24.3 Å². The molecule has 0 saturated heterocycles. The van der Waals surface area contributed by atoms with Gasteiger partial charge in [0.15, 0.2) is 0 Å². The molecule has 2 atom stereocenters. The zero-order chi connectivity index (χ0) is 13.8. The van der Waals surface area contributed by atoms with E-state index in [-0.39, 0.29) is 0 Å². The third-order valence-corrected chi connectivity index (χ3v) is 5.21. The first-order valence-electron chi connectivity index (χ1n) is 6.60. The van der Waals surface area contributed by atoms with Crippen LogP contribution in [0.4, 0.5) is 0 Å². The van der Waals surface area contributed by atoms with Crippen LogP contribution in [0.2, 0.25) is 0 Å². The molecular formula is C16H20BrNS. The first-order chi connectivity index (χ1) is 9.06. The Morgan fingerprint density at radius 3 is 2.63 bits per heavy atom. The molecule has 1 N–H and O–H groups in total. The van der Waals surface area contributed by atoms with Crippen LogP contribution in [0.1, 0.15) is 35.9 Å². The summed E-state index contributed by atoms with van der Waals surface area (Å²) in [5.74, 6) is 0. The largest absolute Gasteiger partial charge is 0.307 e. The van der Waals surface area contributed by atoms with Gasteiger partial charge >= 0.3 is 0 Å². The molecule has 0 aliphatic carbocycles. The van der Waals surface area contributed by atoms with Gasteiger partial charge in [0.2, 0.25) is 0 Å². The van der Waals surface area contributed by atoms with Crippen LogP contribution in [-0.2, 0) is 6.42 Å². The first-order valence-corrected chi connectivity index (χ1v) is 8.28. The standard InChI is InChI=1S/C16H20BrNS/c1-11-6-4-5-7-14(11)8-12(2)18-13(3)16-9-15(17)10-19-16/h4-7,9-10,12-13,18H,8H2,1-3H3. The van der Waals surface area contributed by atoms with Crippen molar-refractivity contribution < 1.29 is 0 Å². The van der Waals surface area contributed by atoms with Gasteiger partial charge in [0.25, 0.3) is 0 Å². The van der Waals surface area contributed by atoms with Gasteiger partial charge in [-0.2, -0.15) is 0 Å². The fraction of sp³-hybridized carbons (Fsp3) is 0.375. The van der Waals surface area contributed by atoms with E-state index >= 15 is 0 Å². The Balaban J connectivity index is 1.94. The highest BCUT2D eigenvalue weighted by atomic mass is 79.9. The molecule has 0 spiro atoms. The number of nitrogens with one attached hydrogen (secondary N) is 1. The predicted octanol–water partition coefficient (Wildman–Crippen LogP) is 5.10. The second-order valence-electron chi connectivity index (χ2n) is 5.09. The number of benzene rings is 1. The van der Waals surface area contributed by atoms with Crippen LogP contribution < -0.4 is 5.32 Å². The van der Waals surface area contributed by atoms with Crippen molar-refractivity contribution in [2.24, 2.45) is 0 Å². The molecule has 102 valence electrons. The predicted molar refractivity (Wildman–Crippen MR) is 87.9 cm³/mol. The smallest absolute Gasteiger partial charge is 0.0388 e. The van der Waals surface area contributed by atoms with Crippen LogP contribution in [0.15, 0.2) is 40.2 Å². The van der Waals surface area contributed by atoms with E-state index in [1.165, 1.54) is 20.5 Å². The van der Waals surface area contributed by atoms with Gasteiger partial charge in [0.1, 0.15) is 0 Å². The van der Waals surface area contributed by atoms with E-state index in [0.717, 1.165) is 6.42 Å². The van der Waals surface area contributed by atoms with Crippen molar-refractivity contribution >= 4 is 27.3 Å². The molecule has 19 heavy (non-hydrogen) atoms. The number of aryl methyl sites for hydroxylation is 1.